The van der Waals surface area contributed by atoms with Crippen molar-refractivity contribution in [2.24, 2.45) is 11.7 Å². The third kappa shape index (κ3) is 3.49. The number of aryl methyl sites for hydroxylation is 1. The van der Waals surface area contributed by atoms with E-state index in [1.807, 2.05) is 31.2 Å². The highest BCUT2D eigenvalue weighted by Crippen LogP contribution is 2.31. The maximum Gasteiger partial charge on any atom is 0.270 e. The number of hydrogen-bond acceptors (Lipinski definition) is 4. The molecule has 1 fully saturated rings. The van der Waals surface area contributed by atoms with E-state index in [4.69, 9.17) is 5.73 Å². The molecular weight excluding hydrogens is 282 g/mol. The molecule has 1 unspecified atom stereocenters. The molecule has 1 aliphatic carbocycles. The average molecular weight is 301 g/mol. The highest BCUT2D eigenvalue weighted by Gasteiger charge is 2.28. The highest BCUT2D eigenvalue weighted by atomic mass is 32.1. The minimum absolute atomic E-state index is 0.0733. The van der Waals surface area contributed by atoms with Crippen LogP contribution >= 0.6 is 11.3 Å². The summed E-state index contributed by atoms with van der Waals surface area (Å²) < 4.78 is 0. The van der Waals surface area contributed by atoms with Crippen LogP contribution in [0.25, 0.3) is 10.6 Å². The Balaban J connectivity index is 1.63. The molecular formula is C16H19N3OS. The molecule has 1 heterocycles. The van der Waals surface area contributed by atoms with E-state index in [2.05, 4.69) is 10.3 Å². The van der Waals surface area contributed by atoms with Crippen molar-refractivity contribution in [3.05, 3.63) is 40.9 Å². The summed E-state index contributed by atoms with van der Waals surface area (Å²) in [6.45, 7) is 2.58. The number of nitrogens with two attached hydrogens (primary N) is 1. The van der Waals surface area contributed by atoms with Crippen LogP contribution in [0, 0.1) is 12.8 Å². The monoisotopic (exact) mass is 301 g/mol. The summed E-state index contributed by atoms with van der Waals surface area (Å²) in [5.74, 6) is 0.449. The van der Waals surface area contributed by atoms with Crippen LogP contribution in [0.4, 0.5) is 0 Å². The SMILES string of the molecule is Cc1ccc(-c2nc(C(=O)NCC(N)C3CC3)cs2)cc1. The Bertz CT molecular complexity index is 631. The molecule has 1 saturated carbocycles. The Labute approximate surface area is 128 Å². The number of amides is 1. The van der Waals surface area contributed by atoms with Crippen molar-refractivity contribution in [3.63, 3.8) is 0 Å². The van der Waals surface area contributed by atoms with Gasteiger partial charge in [0.2, 0.25) is 0 Å². The molecule has 1 atom stereocenters. The van der Waals surface area contributed by atoms with Gasteiger partial charge in [0.05, 0.1) is 0 Å². The molecule has 21 heavy (non-hydrogen) atoms. The molecule has 1 amide bonds. The van der Waals surface area contributed by atoms with Crippen LogP contribution in [0.15, 0.2) is 29.6 Å². The summed E-state index contributed by atoms with van der Waals surface area (Å²) in [6, 6.07) is 8.22. The fourth-order valence-electron chi connectivity index (χ4n) is 2.20. The predicted octanol–water partition coefficient (Wildman–Crippen LogP) is 2.59. The zero-order chi connectivity index (χ0) is 14.8. The van der Waals surface area contributed by atoms with Crippen molar-refractivity contribution in [3.8, 4) is 10.6 Å². The first-order chi connectivity index (χ1) is 10.1. The lowest BCUT2D eigenvalue weighted by Gasteiger charge is -2.10. The van der Waals surface area contributed by atoms with Crippen molar-refractivity contribution in [1.29, 1.82) is 0 Å². The zero-order valence-corrected chi connectivity index (χ0v) is 12.8. The van der Waals surface area contributed by atoms with Crippen LogP contribution in [0.3, 0.4) is 0 Å². The molecule has 1 aromatic heterocycles. The number of thiazole rings is 1. The Morgan fingerprint density at radius 1 is 1.43 bits per heavy atom. The standard InChI is InChI=1S/C16H19N3OS/c1-10-2-4-12(5-3-10)16-19-14(9-21-16)15(20)18-8-13(17)11-6-7-11/h2-5,9,11,13H,6-8,17H2,1H3,(H,18,20). The molecule has 110 valence electrons. The first-order valence-electron chi connectivity index (χ1n) is 7.20. The quantitative estimate of drug-likeness (QED) is 0.892. The maximum absolute atomic E-state index is 12.1. The van der Waals surface area contributed by atoms with Crippen LogP contribution in [0.2, 0.25) is 0 Å². The Morgan fingerprint density at radius 3 is 2.81 bits per heavy atom. The average Bonchev–Trinajstić information content (AvgIpc) is 3.23. The molecule has 0 saturated heterocycles. The molecule has 4 nitrogen and oxygen atoms in total. The summed E-state index contributed by atoms with van der Waals surface area (Å²) in [6.07, 6.45) is 2.37. The molecule has 1 aromatic carbocycles. The number of hydrogen-bond donors (Lipinski definition) is 2. The number of aromatic nitrogens is 1. The Hall–Kier alpha value is -1.72. The molecule has 5 heteroatoms. The number of carbonyl (C=O) groups excluding carboxylic acids is 1. The van der Waals surface area contributed by atoms with Crippen molar-refractivity contribution in [2.45, 2.75) is 25.8 Å². The van der Waals surface area contributed by atoms with Gasteiger partial charge in [0.1, 0.15) is 10.7 Å². The van der Waals surface area contributed by atoms with E-state index in [9.17, 15) is 4.79 Å². The fourth-order valence-corrected chi connectivity index (χ4v) is 3.01. The van der Waals surface area contributed by atoms with Gasteiger partial charge in [-0.05, 0) is 25.7 Å². The van der Waals surface area contributed by atoms with Crippen LogP contribution in [-0.4, -0.2) is 23.5 Å². The second kappa shape index (κ2) is 5.95. The fraction of sp³-hybridized carbons (Fsp3) is 0.375. The number of nitrogens with zero attached hydrogens (tertiary/aromatic N) is 1. The van der Waals surface area contributed by atoms with Gasteiger partial charge >= 0.3 is 0 Å². The molecule has 0 aliphatic heterocycles. The minimum atomic E-state index is -0.138. The number of nitrogens with one attached hydrogen (secondary N) is 1. The summed E-state index contributed by atoms with van der Waals surface area (Å²) in [5.41, 5.74) is 8.71. The number of rotatable bonds is 5. The second-order valence-electron chi connectivity index (χ2n) is 5.62. The maximum atomic E-state index is 12.1. The molecule has 3 rings (SSSR count). The van der Waals surface area contributed by atoms with Gasteiger partial charge in [-0.3, -0.25) is 4.79 Å². The number of carbonyl (C=O) groups is 1. The van der Waals surface area contributed by atoms with E-state index in [1.165, 1.54) is 29.7 Å². The van der Waals surface area contributed by atoms with E-state index >= 15 is 0 Å². The normalized spacial score (nSPS) is 15.7. The summed E-state index contributed by atoms with van der Waals surface area (Å²) in [4.78, 5) is 16.5. The van der Waals surface area contributed by atoms with E-state index < -0.39 is 0 Å². The Kier molecular flexibility index (Phi) is 4.03. The van der Waals surface area contributed by atoms with Crippen molar-refractivity contribution < 1.29 is 4.79 Å². The molecule has 0 radical (unpaired) electrons. The van der Waals surface area contributed by atoms with Gasteiger partial charge < -0.3 is 11.1 Å². The van der Waals surface area contributed by atoms with Gasteiger partial charge in [0, 0.05) is 23.5 Å². The van der Waals surface area contributed by atoms with E-state index in [0.717, 1.165) is 10.6 Å². The van der Waals surface area contributed by atoms with E-state index in [0.29, 0.717) is 18.2 Å². The summed E-state index contributed by atoms with van der Waals surface area (Å²) >= 11 is 1.49. The van der Waals surface area contributed by atoms with E-state index in [-0.39, 0.29) is 11.9 Å². The highest BCUT2D eigenvalue weighted by molar-refractivity contribution is 7.13. The van der Waals surface area contributed by atoms with Crippen LogP contribution in [0.5, 0.6) is 0 Å². The van der Waals surface area contributed by atoms with Gasteiger partial charge in [0.25, 0.3) is 5.91 Å². The van der Waals surface area contributed by atoms with Crippen LogP contribution < -0.4 is 11.1 Å². The van der Waals surface area contributed by atoms with Crippen molar-refractivity contribution >= 4 is 17.2 Å². The summed E-state index contributed by atoms with van der Waals surface area (Å²) in [7, 11) is 0. The lowest BCUT2D eigenvalue weighted by Crippen LogP contribution is -2.38. The molecule has 1 aliphatic rings. The molecule has 2 aromatic rings. The van der Waals surface area contributed by atoms with Gasteiger partial charge in [0.15, 0.2) is 0 Å². The lowest BCUT2D eigenvalue weighted by atomic mass is 10.2. The minimum Gasteiger partial charge on any atom is -0.349 e. The topological polar surface area (TPSA) is 68.0 Å². The Morgan fingerprint density at radius 2 is 2.14 bits per heavy atom. The van der Waals surface area contributed by atoms with Gasteiger partial charge in [-0.1, -0.05) is 29.8 Å². The largest absolute Gasteiger partial charge is 0.349 e. The van der Waals surface area contributed by atoms with Gasteiger partial charge in [-0.15, -0.1) is 11.3 Å². The first-order valence-corrected chi connectivity index (χ1v) is 8.08. The third-order valence-electron chi connectivity index (χ3n) is 3.76. The molecule has 0 spiro atoms. The predicted molar refractivity (Wildman–Crippen MR) is 85.3 cm³/mol. The zero-order valence-electron chi connectivity index (χ0n) is 12.0. The van der Waals surface area contributed by atoms with Gasteiger partial charge in [-0.25, -0.2) is 4.98 Å². The van der Waals surface area contributed by atoms with Crippen LogP contribution in [-0.2, 0) is 0 Å². The summed E-state index contributed by atoms with van der Waals surface area (Å²) in [5, 5.41) is 5.54. The first kappa shape index (κ1) is 14.2. The lowest BCUT2D eigenvalue weighted by molar-refractivity contribution is 0.0946. The van der Waals surface area contributed by atoms with Crippen molar-refractivity contribution in [1.82, 2.24) is 10.3 Å². The second-order valence-corrected chi connectivity index (χ2v) is 6.47. The third-order valence-corrected chi connectivity index (χ3v) is 4.65. The molecule has 0 bridgehead atoms. The van der Waals surface area contributed by atoms with Gasteiger partial charge in [-0.2, -0.15) is 0 Å². The van der Waals surface area contributed by atoms with Crippen molar-refractivity contribution in [2.75, 3.05) is 6.54 Å². The number of benzene rings is 1. The van der Waals surface area contributed by atoms with Crippen LogP contribution in [0.1, 0.15) is 28.9 Å². The van der Waals surface area contributed by atoms with E-state index in [1.54, 1.807) is 5.38 Å². The molecule has 3 N–H and O–H groups in total. The smallest absolute Gasteiger partial charge is 0.270 e.